The van der Waals surface area contributed by atoms with Crippen molar-refractivity contribution < 1.29 is 14.3 Å². The van der Waals surface area contributed by atoms with E-state index in [0.29, 0.717) is 17.6 Å². The number of hydrogen-bond donors (Lipinski definition) is 1. The molecule has 12 heavy (non-hydrogen) atoms. The molecular weight excluding hydrogens is 156 g/mol. The second kappa shape index (κ2) is 3.88. The molecule has 3 nitrogen and oxygen atoms in total. The molecule has 3 heteroatoms. The van der Waals surface area contributed by atoms with Crippen molar-refractivity contribution in [2.24, 2.45) is 0 Å². The summed E-state index contributed by atoms with van der Waals surface area (Å²) in [7, 11) is 0. The molecule has 0 aliphatic carbocycles. The first-order valence-corrected chi connectivity index (χ1v) is 3.62. The number of aliphatic hydroxyl groups excluding tert-OH is 1. The van der Waals surface area contributed by atoms with Gasteiger partial charge in [-0.15, -0.1) is 0 Å². The van der Waals surface area contributed by atoms with E-state index < -0.39 is 6.10 Å². The fourth-order valence-corrected chi connectivity index (χ4v) is 0.901. The van der Waals surface area contributed by atoms with Gasteiger partial charge in [-0.2, -0.15) is 0 Å². The average Bonchev–Trinajstić information content (AvgIpc) is 2.58. The number of aliphatic hydroxyl groups is 1. The van der Waals surface area contributed by atoms with Gasteiger partial charge in [0, 0.05) is 5.57 Å². The summed E-state index contributed by atoms with van der Waals surface area (Å²) in [5.41, 5.74) is 0.310. The average molecular weight is 166 g/mol. The molecule has 1 rings (SSSR count). The minimum absolute atomic E-state index is 0.310. The quantitative estimate of drug-likeness (QED) is 0.546. The van der Waals surface area contributed by atoms with Crippen molar-refractivity contribution >= 4 is 6.29 Å². The molecule has 1 atom stereocenters. The van der Waals surface area contributed by atoms with Crippen LogP contribution in [0.5, 0.6) is 0 Å². The van der Waals surface area contributed by atoms with Crippen molar-refractivity contribution in [3.63, 3.8) is 0 Å². The van der Waals surface area contributed by atoms with Crippen molar-refractivity contribution in [3.05, 3.63) is 35.8 Å². The van der Waals surface area contributed by atoms with Crippen LogP contribution in [0.2, 0.25) is 0 Å². The fraction of sp³-hybridized carbons (Fsp3) is 0.222. The molecule has 0 radical (unpaired) electrons. The van der Waals surface area contributed by atoms with Gasteiger partial charge >= 0.3 is 0 Å². The molecule has 0 saturated carbocycles. The topological polar surface area (TPSA) is 50.4 Å². The van der Waals surface area contributed by atoms with Crippen LogP contribution in [0.1, 0.15) is 18.8 Å². The maximum absolute atomic E-state index is 10.4. The third-order valence-corrected chi connectivity index (χ3v) is 1.60. The third-order valence-electron chi connectivity index (χ3n) is 1.60. The molecule has 1 unspecified atom stereocenters. The first-order chi connectivity index (χ1) is 5.79. The zero-order valence-corrected chi connectivity index (χ0v) is 6.73. The lowest BCUT2D eigenvalue weighted by Crippen LogP contribution is -2.00. The molecule has 0 bridgehead atoms. The molecule has 0 amide bonds. The highest BCUT2D eigenvalue weighted by atomic mass is 16.4. The second-order valence-corrected chi connectivity index (χ2v) is 2.32. The number of carbonyl (C=O) groups excluding carboxylic acids is 1. The highest BCUT2D eigenvalue weighted by Gasteiger charge is 2.13. The van der Waals surface area contributed by atoms with E-state index in [4.69, 9.17) is 4.42 Å². The third kappa shape index (κ3) is 1.62. The van der Waals surface area contributed by atoms with Gasteiger partial charge in [-0.05, 0) is 19.1 Å². The number of rotatable bonds is 3. The van der Waals surface area contributed by atoms with Gasteiger partial charge in [-0.25, -0.2) is 0 Å². The highest BCUT2D eigenvalue weighted by Crippen LogP contribution is 2.19. The van der Waals surface area contributed by atoms with Gasteiger partial charge in [0.1, 0.15) is 18.2 Å². The molecule has 64 valence electrons. The van der Waals surface area contributed by atoms with Crippen LogP contribution in [0.4, 0.5) is 0 Å². The summed E-state index contributed by atoms with van der Waals surface area (Å²) in [5, 5.41) is 9.48. The molecule has 1 aromatic heterocycles. The monoisotopic (exact) mass is 166 g/mol. The number of aldehydes is 1. The number of furan rings is 1. The molecule has 1 N–H and O–H groups in total. The molecule has 0 spiro atoms. The van der Waals surface area contributed by atoms with Crippen molar-refractivity contribution in [2.75, 3.05) is 0 Å². The maximum atomic E-state index is 10.4. The SMILES string of the molecule is C/C=C(\C=O)C(O)c1ccco1. The van der Waals surface area contributed by atoms with Crippen LogP contribution < -0.4 is 0 Å². The van der Waals surface area contributed by atoms with E-state index in [1.165, 1.54) is 6.26 Å². The first-order valence-electron chi connectivity index (χ1n) is 3.62. The van der Waals surface area contributed by atoms with E-state index in [1.807, 2.05) is 0 Å². The zero-order valence-electron chi connectivity index (χ0n) is 6.73. The van der Waals surface area contributed by atoms with E-state index in [2.05, 4.69) is 0 Å². The Hall–Kier alpha value is -1.35. The molecule has 0 aliphatic rings. The first kappa shape index (κ1) is 8.74. The van der Waals surface area contributed by atoms with Crippen LogP contribution in [0.3, 0.4) is 0 Å². The predicted octanol–water partition coefficient (Wildman–Crippen LogP) is 1.46. The summed E-state index contributed by atoms with van der Waals surface area (Å²) in [6.45, 7) is 1.69. The molecule has 1 heterocycles. The van der Waals surface area contributed by atoms with Gasteiger partial charge in [0.25, 0.3) is 0 Å². The lowest BCUT2D eigenvalue weighted by Gasteiger charge is -2.05. The van der Waals surface area contributed by atoms with Crippen LogP contribution in [0.15, 0.2) is 34.5 Å². The van der Waals surface area contributed by atoms with Crippen molar-refractivity contribution in [2.45, 2.75) is 13.0 Å². The van der Waals surface area contributed by atoms with Gasteiger partial charge in [0.05, 0.1) is 6.26 Å². The zero-order chi connectivity index (χ0) is 8.97. The predicted molar refractivity (Wildman–Crippen MR) is 43.5 cm³/mol. The maximum Gasteiger partial charge on any atom is 0.148 e. The minimum Gasteiger partial charge on any atom is -0.466 e. The van der Waals surface area contributed by atoms with Gasteiger partial charge in [-0.3, -0.25) is 4.79 Å². The Morgan fingerprint density at radius 3 is 2.92 bits per heavy atom. The lowest BCUT2D eigenvalue weighted by molar-refractivity contribution is -0.105. The number of hydrogen-bond acceptors (Lipinski definition) is 3. The number of carbonyl (C=O) groups is 1. The molecule has 0 fully saturated rings. The minimum atomic E-state index is -0.942. The van der Waals surface area contributed by atoms with E-state index >= 15 is 0 Å². The van der Waals surface area contributed by atoms with E-state index in [-0.39, 0.29) is 0 Å². The molecule has 1 aromatic rings. The van der Waals surface area contributed by atoms with Gasteiger partial charge in [0.15, 0.2) is 0 Å². The van der Waals surface area contributed by atoms with E-state index in [0.717, 1.165) is 0 Å². The van der Waals surface area contributed by atoms with Crippen molar-refractivity contribution in [1.82, 2.24) is 0 Å². The summed E-state index contributed by atoms with van der Waals surface area (Å²) in [6, 6.07) is 3.29. The summed E-state index contributed by atoms with van der Waals surface area (Å²) < 4.78 is 4.93. The van der Waals surface area contributed by atoms with Gasteiger partial charge < -0.3 is 9.52 Å². The number of allylic oxidation sites excluding steroid dienone is 1. The Bertz CT molecular complexity index is 272. The van der Waals surface area contributed by atoms with E-state index in [9.17, 15) is 9.90 Å². The Morgan fingerprint density at radius 1 is 1.75 bits per heavy atom. The van der Waals surface area contributed by atoms with Crippen molar-refractivity contribution in [3.8, 4) is 0 Å². The standard InChI is InChI=1S/C9H10O3/c1-2-7(6-10)9(11)8-4-3-5-12-8/h2-6,9,11H,1H3/b7-2+. The lowest BCUT2D eigenvalue weighted by atomic mass is 10.1. The molecule has 0 aliphatic heterocycles. The Balaban J connectivity index is 2.84. The van der Waals surface area contributed by atoms with Gasteiger partial charge in [0.2, 0.25) is 0 Å². The van der Waals surface area contributed by atoms with Crippen LogP contribution >= 0.6 is 0 Å². The molecule has 0 aromatic carbocycles. The van der Waals surface area contributed by atoms with Crippen LogP contribution in [-0.2, 0) is 4.79 Å². The van der Waals surface area contributed by atoms with Gasteiger partial charge in [-0.1, -0.05) is 6.08 Å². The summed E-state index contributed by atoms with van der Waals surface area (Å²) >= 11 is 0. The smallest absolute Gasteiger partial charge is 0.148 e. The molecule has 0 saturated heterocycles. The molecular formula is C9H10O3. The second-order valence-electron chi connectivity index (χ2n) is 2.32. The summed E-state index contributed by atoms with van der Waals surface area (Å²) in [6.07, 6.45) is 2.69. The Kier molecular flexibility index (Phi) is 2.82. The Morgan fingerprint density at radius 2 is 2.50 bits per heavy atom. The fourth-order valence-electron chi connectivity index (χ4n) is 0.901. The van der Waals surface area contributed by atoms with Crippen LogP contribution in [0, 0.1) is 0 Å². The van der Waals surface area contributed by atoms with Crippen LogP contribution in [-0.4, -0.2) is 11.4 Å². The summed E-state index contributed by atoms with van der Waals surface area (Å²) in [5.74, 6) is 0.384. The summed E-state index contributed by atoms with van der Waals surface area (Å²) in [4.78, 5) is 10.4. The highest BCUT2D eigenvalue weighted by molar-refractivity contribution is 5.74. The Labute approximate surface area is 70.3 Å². The van der Waals surface area contributed by atoms with Crippen LogP contribution in [0.25, 0.3) is 0 Å². The normalized spacial score (nSPS) is 14.3. The largest absolute Gasteiger partial charge is 0.466 e. The van der Waals surface area contributed by atoms with E-state index in [1.54, 1.807) is 25.1 Å². The van der Waals surface area contributed by atoms with Crippen molar-refractivity contribution in [1.29, 1.82) is 0 Å².